The average molecular weight is 161 g/mol. The second-order valence-corrected chi connectivity index (χ2v) is 2.27. The molecule has 4 nitrogen and oxygen atoms in total. The largest absolute Gasteiger partial charge is 0.367 e. The van der Waals surface area contributed by atoms with Crippen molar-refractivity contribution in [2.45, 2.75) is 0 Å². The monoisotopic (exact) mass is 161 g/mol. The molecule has 0 aliphatic heterocycles. The molecular weight excluding hydrogens is 154 g/mol. The van der Waals surface area contributed by atoms with Crippen LogP contribution in [0.3, 0.4) is 0 Å². The van der Waals surface area contributed by atoms with Crippen LogP contribution >= 0.6 is 0 Å². The number of nitrogens with one attached hydrogen (secondary N) is 1. The lowest BCUT2D eigenvalue weighted by molar-refractivity contribution is 0.415. The van der Waals surface area contributed by atoms with Gasteiger partial charge in [-0.05, 0) is 23.8 Å². The van der Waals surface area contributed by atoms with Gasteiger partial charge in [0, 0.05) is 12.4 Å². The van der Waals surface area contributed by atoms with Gasteiger partial charge in [-0.2, -0.15) is 4.98 Å². The van der Waals surface area contributed by atoms with E-state index < -0.39 is 0 Å². The summed E-state index contributed by atoms with van der Waals surface area (Å²) in [6.07, 6.45) is 8.73. The fourth-order valence-corrected chi connectivity index (χ4v) is 0.863. The van der Waals surface area contributed by atoms with E-state index in [-0.39, 0.29) is 0 Å². The molecule has 0 amide bonds. The quantitative estimate of drug-likeness (QED) is 0.727. The number of H-pyrrole nitrogens is 1. The van der Waals surface area contributed by atoms with Crippen LogP contribution in [0.2, 0.25) is 0 Å². The third-order valence-electron chi connectivity index (χ3n) is 1.43. The van der Waals surface area contributed by atoms with Gasteiger partial charge < -0.3 is 9.51 Å². The Hall–Kier alpha value is -1.84. The first kappa shape index (κ1) is 6.84. The van der Waals surface area contributed by atoms with E-state index in [0.29, 0.717) is 5.82 Å². The molecule has 2 aromatic rings. The molecule has 0 atom stereocenters. The van der Waals surface area contributed by atoms with Crippen LogP contribution in [0.5, 0.6) is 0 Å². The molecule has 12 heavy (non-hydrogen) atoms. The highest BCUT2D eigenvalue weighted by molar-refractivity contribution is 5.65. The lowest BCUT2D eigenvalue weighted by Gasteiger charge is -1.79. The summed E-state index contributed by atoms with van der Waals surface area (Å²) >= 11 is 0. The van der Waals surface area contributed by atoms with Gasteiger partial charge in [0.2, 0.25) is 6.39 Å². The summed E-state index contributed by atoms with van der Waals surface area (Å²) in [5, 5.41) is 3.63. The number of hydrogen-bond acceptors (Lipinski definition) is 3. The van der Waals surface area contributed by atoms with Crippen molar-refractivity contribution in [1.29, 1.82) is 0 Å². The predicted molar refractivity (Wildman–Crippen MR) is 44.0 cm³/mol. The van der Waals surface area contributed by atoms with E-state index in [1.165, 1.54) is 6.39 Å². The molecule has 4 heteroatoms. The van der Waals surface area contributed by atoms with Gasteiger partial charge in [0.15, 0.2) is 5.82 Å². The number of aromatic nitrogens is 3. The van der Waals surface area contributed by atoms with Crippen molar-refractivity contribution in [1.82, 2.24) is 15.1 Å². The standard InChI is InChI=1S/C8H7N3O/c1(7-3-4-9-5-7)2-8-10-6-12-11-8/h1-6,9H/b2-1+. The number of rotatable bonds is 2. The minimum Gasteiger partial charge on any atom is -0.367 e. The summed E-state index contributed by atoms with van der Waals surface area (Å²) < 4.78 is 4.56. The summed E-state index contributed by atoms with van der Waals surface area (Å²) in [5.41, 5.74) is 1.08. The van der Waals surface area contributed by atoms with E-state index in [1.54, 1.807) is 6.08 Å². The predicted octanol–water partition coefficient (Wildman–Crippen LogP) is 1.57. The molecule has 0 aliphatic carbocycles. The lowest BCUT2D eigenvalue weighted by Crippen LogP contribution is -1.71. The van der Waals surface area contributed by atoms with Gasteiger partial charge in [-0.1, -0.05) is 5.16 Å². The van der Waals surface area contributed by atoms with Gasteiger partial charge in [0.05, 0.1) is 0 Å². The smallest absolute Gasteiger partial charge is 0.214 e. The fourth-order valence-electron chi connectivity index (χ4n) is 0.863. The van der Waals surface area contributed by atoms with Gasteiger partial charge >= 0.3 is 0 Å². The van der Waals surface area contributed by atoms with E-state index in [0.717, 1.165) is 5.56 Å². The van der Waals surface area contributed by atoms with Crippen LogP contribution in [0.4, 0.5) is 0 Å². The van der Waals surface area contributed by atoms with Crippen LogP contribution in [0.25, 0.3) is 12.2 Å². The molecule has 2 heterocycles. The van der Waals surface area contributed by atoms with Gasteiger partial charge in [-0.3, -0.25) is 0 Å². The first-order valence-electron chi connectivity index (χ1n) is 3.52. The van der Waals surface area contributed by atoms with Crippen LogP contribution in [0.1, 0.15) is 11.4 Å². The zero-order valence-corrected chi connectivity index (χ0v) is 6.27. The molecular formula is C8H7N3O. The molecule has 0 unspecified atom stereocenters. The summed E-state index contributed by atoms with van der Waals surface area (Å²) in [4.78, 5) is 6.79. The van der Waals surface area contributed by atoms with Crippen LogP contribution < -0.4 is 0 Å². The molecule has 0 saturated carbocycles. The highest BCUT2D eigenvalue weighted by atomic mass is 16.5. The first-order valence-corrected chi connectivity index (χ1v) is 3.52. The van der Waals surface area contributed by atoms with E-state index in [1.807, 2.05) is 24.5 Å². The lowest BCUT2D eigenvalue weighted by atomic mass is 10.3. The Labute approximate surface area is 68.9 Å². The van der Waals surface area contributed by atoms with Crippen molar-refractivity contribution in [3.63, 3.8) is 0 Å². The normalized spacial score (nSPS) is 11.0. The van der Waals surface area contributed by atoms with Gasteiger partial charge in [0.1, 0.15) is 0 Å². The van der Waals surface area contributed by atoms with Crippen molar-refractivity contribution in [2.24, 2.45) is 0 Å². The number of nitrogens with zero attached hydrogens (tertiary/aromatic N) is 2. The highest BCUT2D eigenvalue weighted by Gasteiger charge is 1.90. The Balaban J connectivity index is 2.14. The van der Waals surface area contributed by atoms with Crippen LogP contribution in [0.15, 0.2) is 29.4 Å². The molecule has 0 bridgehead atoms. The molecule has 0 fully saturated rings. The molecule has 0 aliphatic rings. The number of aromatic amines is 1. The SMILES string of the molecule is C(=C\c1ncon1)/c1cc[nH]c1. The third-order valence-corrected chi connectivity index (χ3v) is 1.43. The van der Waals surface area contributed by atoms with Gasteiger partial charge in [0.25, 0.3) is 0 Å². The Morgan fingerprint density at radius 1 is 1.42 bits per heavy atom. The van der Waals surface area contributed by atoms with E-state index in [4.69, 9.17) is 0 Å². The van der Waals surface area contributed by atoms with Crippen LogP contribution in [0, 0.1) is 0 Å². The Morgan fingerprint density at radius 3 is 3.08 bits per heavy atom. The maximum atomic E-state index is 4.56. The zero-order valence-electron chi connectivity index (χ0n) is 6.27. The fraction of sp³-hybridized carbons (Fsp3) is 0. The van der Waals surface area contributed by atoms with E-state index in [9.17, 15) is 0 Å². The number of hydrogen-bond donors (Lipinski definition) is 1. The maximum Gasteiger partial charge on any atom is 0.214 e. The zero-order chi connectivity index (χ0) is 8.23. The molecule has 0 spiro atoms. The van der Waals surface area contributed by atoms with Gasteiger partial charge in [-0.25, -0.2) is 0 Å². The average Bonchev–Trinajstić information content (AvgIpc) is 2.74. The molecule has 2 aromatic heterocycles. The summed E-state index contributed by atoms with van der Waals surface area (Å²) in [6.45, 7) is 0. The van der Waals surface area contributed by atoms with E-state index in [2.05, 4.69) is 19.6 Å². The Morgan fingerprint density at radius 2 is 2.42 bits per heavy atom. The van der Waals surface area contributed by atoms with Crippen molar-refractivity contribution in [3.05, 3.63) is 36.2 Å². The molecule has 0 aromatic carbocycles. The minimum absolute atomic E-state index is 0.580. The topological polar surface area (TPSA) is 54.7 Å². The summed E-state index contributed by atoms with van der Waals surface area (Å²) in [7, 11) is 0. The van der Waals surface area contributed by atoms with E-state index >= 15 is 0 Å². The Kier molecular flexibility index (Phi) is 1.74. The van der Waals surface area contributed by atoms with Crippen molar-refractivity contribution >= 4 is 12.2 Å². The highest BCUT2D eigenvalue weighted by Crippen LogP contribution is 2.02. The van der Waals surface area contributed by atoms with Crippen molar-refractivity contribution in [3.8, 4) is 0 Å². The summed E-state index contributed by atoms with van der Waals surface area (Å²) in [5.74, 6) is 0.580. The molecule has 1 N–H and O–H groups in total. The second-order valence-electron chi connectivity index (χ2n) is 2.27. The van der Waals surface area contributed by atoms with Crippen molar-refractivity contribution in [2.75, 3.05) is 0 Å². The second kappa shape index (κ2) is 3.04. The summed E-state index contributed by atoms with van der Waals surface area (Å²) in [6, 6.07) is 1.95. The van der Waals surface area contributed by atoms with Crippen LogP contribution in [-0.4, -0.2) is 15.1 Å². The van der Waals surface area contributed by atoms with Crippen molar-refractivity contribution < 1.29 is 4.52 Å². The van der Waals surface area contributed by atoms with Gasteiger partial charge in [-0.15, -0.1) is 0 Å². The molecule has 2 rings (SSSR count). The Bertz CT molecular complexity index is 311. The third kappa shape index (κ3) is 1.42. The maximum absolute atomic E-state index is 4.56. The minimum atomic E-state index is 0.580. The first-order chi connectivity index (χ1) is 5.95. The van der Waals surface area contributed by atoms with Crippen LogP contribution in [-0.2, 0) is 0 Å². The molecule has 0 saturated heterocycles. The molecule has 0 radical (unpaired) electrons. The molecule has 60 valence electrons.